The van der Waals surface area contributed by atoms with E-state index in [2.05, 4.69) is 18.7 Å². The second-order valence-electron chi connectivity index (χ2n) is 8.93. The van der Waals surface area contributed by atoms with Crippen LogP contribution < -0.4 is 4.74 Å². The predicted molar refractivity (Wildman–Crippen MR) is 116 cm³/mol. The van der Waals surface area contributed by atoms with Gasteiger partial charge in [0.05, 0.1) is 5.02 Å². The van der Waals surface area contributed by atoms with E-state index in [4.69, 9.17) is 20.8 Å². The van der Waals surface area contributed by atoms with Gasteiger partial charge in [0.15, 0.2) is 5.76 Å². The Kier molecular flexibility index (Phi) is 6.19. The Morgan fingerprint density at radius 2 is 1.84 bits per heavy atom. The normalized spacial score (nSPS) is 20.5. The Bertz CT molecular complexity index is 957. The zero-order valence-electron chi connectivity index (χ0n) is 18.2. The van der Waals surface area contributed by atoms with Gasteiger partial charge < -0.3 is 19.0 Å². The highest BCUT2D eigenvalue weighted by Crippen LogP contribution is 2.37. The van der Waals surface area contributed by atoms with Crippen LogP contribution in [0.1, 0.15) is 55.6 Å². The van der Waals surface area contributed by atoms with Crippen LogP contribution >= 0.6 is 11.6 Å². The van der Waals surface area contributed by atoms with Gasteiger partial charge in [0, 0.05) is 62.1 Å². The number of nitrogens with zero attached hydrogens (tertiary/aromatic N) is 2. The molecular weight excluding hydrogens is 426 g/mol. The number of carbonyl (C=O) groups is 1. The zero-order chi connectivity index (χ0) is 22.3. The van der Waals surface area contributed by atoms with Crippen molar-refractivity contribution in [3.63, 3.8) is 0 Å². The highest BCUT2D eigenvalue weighted by Gasteiger charge is 2.37. The molecule has 0 bridgehead atoms. The molecule has 5 nitrogen and oxygen atoms in total. The van der Waals surface area contributed by atoms with Crippen molar-refractivity contribution in [3.05, 3.63) is 28.5 Å². The van der Waals surface area contributed by atoms with Crippen molar-refractivity contribution in [1.29, 1.82) is 0 Å². The van der Waals surface area contributed by atoms with Crippen molar-refractivity contribution in [2.24, 2.45) is 0 Å². The Labute approximate surface area is 186 Å². The zero-order valence-corrected chi connectivity index (χ0v) is 19.0. The first-order valence-corrected chi connectivity index (χ1v) is 11.3. The quantitative estimate of drug-likeness (QED) is 0.610. The van der Waals surface area contributed by atoms with Gasteiger partial charge in [-0.05, 0) is 39.7 Å². The molecule has 0 radical (unpaired) electrons. The summed E-state index contributed by atoms with van der Waals surface area (Å²) >= 11 is 6.49. The van der Waals surface area contributed by atoms with Crippen molar-refractivity contribution in [1.82, 2.24) is 9.80 Å². The van der Waals surface area contributed by atoms with E-state index in [0.29, 0.717) is 28.0 Å². The van der Waals surface area contributed by atoms with Crippen LogP contribution in [0.3, 0.4) is 0 Å². The first-order chi connectivity index (χ1) is 14.6. The van der Waals surface area contributed by atoms with Gasteiger partial charge in [-0.2, -0.15) is 0 Å². The molecule has 0 atom stereocenters. The Morgan fingerprint density at radius 3 is 2.45 bits per heavy atom. The summed E-state index contributed by atoms with van der Waals surface area (Å²) in [6, 6.07) is 4.02. The van der Waals surface area contributed by atoms with Gasteiger partial charge in [0.2, 0.25) is 0 Å². The molecule has 0 saturated carbocycles. The van der Waals surface area contributed by atoms with E-state index >= 15 is 0 Å². The summed E-state index contributed by atoms with van der Waals surface area (Å²) in [5.74, 6) is -2.34. The molecule has 1 aromatic heterocycles. The first kappa shape index (κ1) is 22.3. The summed E-state index contributed by atoms with van der Waals surface area (Å²) in [5, 5.41) is 1.21. The van der Waals surface area contributed by atoms with Crippen LogP contribution in [0, 0.1) is 6.92 Å². The third-order valence-electron chi connectivity index (χ3n) is 6.47. The average Bonchev–Trinajstić information content (AvgIpc) is 3.04. The number of furan rings is 1. The molecule has 2 aliphatic heterocycles. The Hall–Kier alpha value is -1.86. The number of rotatable bonds is 4. The summed E-state index contributed by atoms with van der Waals surface area (Å²) < 4.78 is 38.9. The molecule has 0 aliphatic carbocycles. The Balaban J connectivity index is 1.51. The van der Waals surface area contributed by atoms with Gasteiger partial charge in [-0.15, -0.1) is 0 Å². The molecule has 2 fully saturated rings. The van der Waals surface area contributed by atoms with E-state index in [-0.39, 0.29) is 43.7 Å². The lowest BCUT2D eigenvalue weighted by molar-refractivity contribution is -0.0498. The lowest BCUT2D eigenvalue weighted by Crippen LogP contribution is -2.42. The van der Waals surface area contributed by atoms with E-state index in [0.717, 1.165) is 31.3 Å². The number of carbonyl (C=O) groups excluding carboxylic acids is 1. The maximum absolute atomic E-state index is 13.4. The minimum Gasteiger partial charge on any atom is -0.489 e. The van der Waals surface area contributed by atoms with Crippen molar-refractivity contribution in [2.75, 3.05) is 26.2 Å². The summed E-state index contributed by atoms with van der Waals surface area (Å²) in [7, 11) is 0. The van der Waals surface area contributed by atoms with Gasteiger partial charge in [0.1, 0.15) is 17.4 Å². The second kappa shape index (κ2) is 8.58. The lowest BCUT2D eigenvalue weighted by atomic mass is 10.1. The van der Waals surface area contributed by atoms with Gasteiger partial charge in [-0.1, -0.05) is 11.6 Å². The topological polar surface area (TPSA) is 45.9 Å². The number of piperidine rings is 2. The van der Waals surface area contributed by atoms with Crippen LogP contribution in [0.15, 0.2) is 16.5 Å². The SMILES string of the molecule is Cc1c(C(=O)N2CCC(F)(F)CC2)oc2cc(OC3CCN(C(C)C)CC3)c(Cl)cc12. The molecule has 0 spiro atoms. The number of ether oxygens (including phenoxy) is 1. The number of halogens is 3. The molecule has 1 aromatic carbocycles. The summed E-state index contributed by atoms with van der Waals surface area (Å²) in [6.07, 6.45) is 1.28. The van der Waals surface area contributed by atoms with Gasteiger partial charge >= 0.3 is 0 Å². The molecule has 4 rings (SSSR count). The van der Waals surface area contributed by atoms with Crippen molar-refractivity contribution in [3.8, 4) is 5.75 Å². The highest BCUT2D eigenvalue weighted by molar-refractivity contribution is 6.33. The number of hydrogen-bond donors (Lipinski definition) is 0. The molecular formula is C23H29ClF2N2O3. The van der Waals surface area contributed by atoms with Crippen LogP contribution in [0.4, 0.5) is 8.78 Å². The fourth-order valence-electron chi connectivity index (χ4n) is 4.39. The fraction of sp³-hybridized carbons (Fsp3) is 0.609. The maximum atomic E-state index is 13.4. The number of aryl methyl sites for hydroxylation is 1. The molecule has 170 valence electrons. The number of alkyl halides is 2. The molecule has 31 heavy (non-hydrogen) atoms. The molecule has 8 heteroatoms. The van der Waals surface area contributed by atoms with Crippen molar-refractivity contribution < 1.29 is 22.7 Å². The van der Waals surface area contributed by atoms with Crippen molar-refractivity contribution in [2.45, 2.75) is 64.5 Å². The summed E-state index contributed by atoms with van der Waals surface area (Å²) in [5.41, 5.74) is 1.18. The van der Waals surface area contributed by atoms with Gasteiger partial charge in [-0.25, -0.2) is 8.78 Å². The summed E-state index contributed by atoms with van der Waals surface area (Å²) in [4.78, 5) is 16.8. The Morgan fingerprint density at radius 1 is 1.19 bits per heavy atom. The average molecular weight is 455 g/mol. The van der Waals surface area contributed by atoms with Crippen LogP contribution in [0.5, 0.6) is 5.75 Å². The van der Waals surface area contributed by atoms with Crippen LogP contribution in [-0.2, 0) is 0 Å². The number of fused-ring (bicyclic) bond motifs is 1. The monoisotopic (exact) mass is 454 g/mol. The standard InChI is InChI=1S/C23H29ClF2N2O3/c1-14(2)27-8-4-16(5-9-27)30-20-13-19-17(12-18(20)24)15(3)21(31-19)22(29)28-10-6-23(25,26)7-11-28/h12-14,16H,4-11H2,1-3H3. The van der Waals surface area contributed by atoms with E-state index in [1.807, 2.05) is 0 Å². The minimum absolute atomic E-state index is 0.0203. The molecule has 0 N–H and O–H groups in total. The second-order valence-corrected chi connectivity index (χ2v) is 9.34. The first-order valence-electron chi connectivity index (χ1n) is 10.9. The molecule has 2 aromatic rings. The minimum atomic E-state index is -2.70. The van der Waals surface area contributed by atoms with Gasteiger partial charge in [0.25, 0.3) is 11.8 Å². The van der Waals surface area contributed by atoms with Crippen LogP contribution in [-0.4, -0.2) is 60.0 Å². The lowest BCUT2D eigenvalue weighted by Gasteiger charge is -2.34. The van der Waals surface area contributed by atoms with Crippen LogP contribution in [0.2, 0.25) is 5.02 Å². The number of likely N-dealkylation sites (tertiary alicyclic amines) is 2. The highest BCUT2D eigenvalue weighted by atomic mass is 35.5. The largest absolute Gasteiger partial charge is 0.489 e. The third kappa shape index (κ3) is 4.67. The molecule has 1 amide bonds. The van der Waals surface area contributed by atoms with Crippen molar-refractivity contribution >= 4 is 28.5 Å². The maximum Gasteiger partial charge on any atom is 0.289 e. The molecule has 3 heterocycles. The molecule has 0 unspecified atom stereocenters. The number of amides is 1. The fourth-order valence-corrected chi connectivity index (χ4v) is 4.59. The van der Waals surface area contributed by atoms with E-state index in [9.17, 15) is 13.6 Å². The van der Waals surface area contributed by atoms with E-state index < -0.39 is 5.92 Å². The van der Waals surface area contributed by atoms with E-state index in [1.165, 1.54) is 4.90 Å². The van der Waals surface area contributed by atoms with Gasteiger partial charge in [-0.3, -0.25) is 4.79 Å². The summed E-state index contributed by atoms with van der Waals surface area (Å²) in [6.45, 7) is 8.18. The smallest absolute Gasteiger partial charge is 0.289 e. The van der Waals surface area contributed by atoms with Crippen LogP contribution in [0.25, 0.3) is 11.0 Å². The number of hydrogen-bond acceptors (Lipinski definition) is 4. The van der Waals surface area contributed by atoms with E-state index in [1.54, 1.807) is 19.1 Å². The molecule has 2 saturated heterocycles. The molecule has 2 aliphatic rings. The predicted octanol–water partition coefficient (Wildman–Crippen LogP) is 5.52. The third-order valence-corrected chi connectivity index (χ3v) is 6.76. The number of benzene rings is 1.